The summed E-state index contributed by atoms with van der Waals surface area (Å²) in [5, 5.41) is 0. The second kappa shape index (κ2) is 6.23. The highest BCUT2D eigenvalue weighted by Crippen LogP contribution is 2.64. The summed E-state index contributed by atoms with van der Waals surface area (Å²) in [6.07, 6.45) is 4.85. The minimum absolute atomic E-state index is 0.0836. The topological polar surface area (TPSA) is 52.6 Å². The first-order valence-corrected chi connectivity index (χ1v) is 10.4. The van der Waals surface area contributed by atoms with Crippen molar-refractivity contribution in [3.63, 3.8) is 0 Å². The predicted molar refractivity (Wildman–Crippen MR) is 104 cm³/mol. The number of hydrogen-bond donors (Lipinski definition) is 0. The van der Waals surface area contributed by atoms with Gasteiger partial charge in [0.2, 0.25) is 0 Å². The monoisotopic (exact) mass is 390 g/mol. The molecule has 2 atom stereocenters. The van der Waals surface area contributed by atoms with E-state index in [1.165, 1.54) is 5.56 Å². The zero-order valence-corrected chi connectivity index (χ0v) is 17.2. The molecule has 4 nitrogen and oxygen atoms in total. The highest BCUT2D eigenvalue weighted by molar-refractivity contribution is 6.26. The first-order valence-electron chi connectivity index (χ1n) is 9.91. The van der Waals surface area contributed by atoms with Gasteiger partial charge in [-0.2, -0.15) is 0 Å². The molecule has 0 aromatic heterocycles. The molecule has 0 bridgehead atoms. The molecule has 146 valence electrons. The van der Waals surface area contributed by atoms with Gasteiger partial charge in [-0.15, -0.1) is 11.6 Å². The number of rotatable bonds is 3. The zero-order chi connectivity index (χ0) is 19.6. The van der Waals surface area contributed by atoms with E-state index in [9.17, 15) is 9.59 Å². The van der Waals surface area contributed by atoms with Gasteiger partial charge in [-0.25, -0.2) is 0 Å². The molecule has 1 saturated carbocycles. The molecule has 3 aliphatic rings. The maximum atomic E-state index is 13.3. The van der Waals surface area contributed by atoms with Gasteiger partial charge in [-0.1, -0.05) is 40.2 Å². The van der Waals surface area contributed by atoms with Gasteiger partial charge in [-0.05, 0) is 48.5 Å². The summed E-state index contributed by atoms with van der Waals surface area (Å²) in [7, 11) is 0. The summed E-state index contributed by atoms with van der Waals surface area (Å²) in [6, 6.07) is 2.13. The normalized spacial score (nSPS) is 27.8. The molecular weight excluding hydrogens is 364 g/mol. The van der Waals surface area contributed by atoms with Crippen LogP contribution in [0.2, 0.25) is 0 Å². The van der Waals surface area contributed by atoms with Gasteiger partial charge in [0.25, 0.3) is 0 Å². The minimum Gasteiger partial charge on any atom is -0.421 e. The molecule has 0 amide bonds. The van der Waals surface area contributed by atoms with E-state index >= 15 is 0 Å². The Hall–Kier alpha value is -1.55. The number of carbonyl (C=O) groups excluding carboxylic acids is 2. The largest absolute Gasteiger partial charge is 0.421 e. The predicted octanol–water partition coefficient (Wildman–Crippen LogP) is 4.88. The Morgan fingerprint density at radius 3 is 2.78 bits per heavy atom. The first-order chi connectivity index (χ1) is 12.7. The van der Waals surface area contributed by atoms with Gasteiger partial charge in [0, 0.05) is 11.1 Å². The van der Waals surface area contributed by atoms with Gasteiger partial charge < -0.3 is 9.47 Å². The van der Waals surface area contributed by atoms with E-state index in [4.69, 9.17) is 21.1 Å². The molecule has 1 aromatic rings. The van der Waals surface area contributed by atoms with Crippen LogP contribution in [0.1, 0.15) is 76.0 Å². The van der Waals surface area contributed by atoms with E-state index in [1.807, 2.05) is 13.8 Å². The number of hydrogen-bond acceptors (Lipinski definition) is 4. The zero-order valence-electron chi connectivity index (χ0n) is 16.5. The summed E-state index contributed by atoms with van der Waals surface area (Å²) >= 11 is 5.68. The standard InChI is InChI=1S/C22H27ClO4/c1-12(2)14-10-13-6-7-15-21(3,4)8-5-9-22(15)17(13)19(27-20(22)25)18(14)26-16(24)11-23/h10,12,15H,5-9,11H2,1-4H3/t15-,22+/m0/s1. The third-order valence-corrected chi connectivity index (χ3v) is 7.15. The van der Waals surface area contributed by atoms with Crippen LogP contribution in [0.4, 0.5) is 0 Å². The Morgan fingerprint density at radius 2 is 2.11 bits per heavy atom. The van der Waals surface area contributed by atoms with Crippen molar-refractivity contribution >= 4 is 23.5 Å². The first kappa shape index (κ1) is 18.8. The lowest BCUT2D eigenvalue weighted by Gasteiger charge is -2.51. The quantitative estimate of drug-likeness (QED) is 0.419. The number of halogens is 1. The Kier molecular flexibility index (Phi) is 4.34. The number of aryl methyl sites for hydroxylation is 1. The Labute approximate surface area is 165 Å². The summed E-state index contributed by atoms with van der Waals surface area (Å²) < 4.78 is 11.5. The van der Waals surface area contributed by atoms with Crippen molar-refractivity contribution in [2.24, 2.45) is 11.3 Å². The SMILES string of the molecule is CC(C)c1cc2c3c(c1OC(=O)CCl)OC(=O)[C@@]31CCCC(C)(C)[C@@H]1CC2. The molecule has 1 fully saturated rings. The molecule has 27 heavy (non-hydrogen) atoms. The molecule has 0 unspecified atom stereocenters. The van der Waals surface area contributed by atoms with E-state index in [-0.39, 0.29) is 29.1 Å². The Balaban J connectivity index is 1.97. The van der Waals surface area contributed by atoms with E-state index in [1.54, 1.807) is 0 Å². The lowest BCUT2D eigenvalue weighted by atomic mass is 9.50. The van der Waals surface area contributed by atoms with Crippen molar-refractivity contribution in [1.29, 1.82) is 0 Å². The summed E-state index contributed by atoms with van der Waals surface area (Å²) in [5.74, 6) is 0.332. The van der Waals surface area contributed by atoms with Crippen LogP contribution in [-0.2, 0) is 21.4 Å². The lowest BCUT2D eigenvalue weighted by molar-refractivity contribution is -0.146. The van der Waals surface area contributed by atoms with Gasteiger partial charge >= 0.3 is 11.9 Å². The molecule has 1 aromatic carbocycles. The second-order valence-corrected chi connectivity index (χ2v) is 9.48. The molecule has 2 aliphatic carbocycles. The maximum absolute atomic E-state index is 13.3. The number of alkyl halides is 1. The Bertz CT molecular complexity index is 826. The van der Waals surface area contributed by atoms with Crippen LogP contribution in [0.3, 0.4) is 0 Å². The molecule has 0 saturated heterocycles. The maximum Gasteiger partial charge on any atom is 0.326 e. The molecule has 0 N–H and O–H groups in total. The van der Waals surface area contributed by atoms with Gasteiger partial charge in [0.15, 0.2) is 11.5 Å². The molecule has 1 spiro atoms. The lowest BCUT2D eigenvalue weighted by Crippen LogP contribution is -2.52. The molecule has 4 rings (SSSR count). The van der Waals surface area contributed by atoms with Gasteiger partial charge in [0.1, 0.15) is 11.3 Å². The van der Waals surface area contributed by atoms with Crippen LogP contribution in [-0.4, -0.2) is 17.8 Å². The second-order valence-electron chi connectivity index (χ2n) is 9.21. The summed E-state index contributed by atoms with van der Waals surface area (Å²) in [6.45, 7) is 8.64. The number of benzene rings is 1. The van der Waals surface area contributed by atoms with Crippen LogP contribution >= 0.6 is 11.6 Å². The van der Waals surface area contributed by atoms with Crippen molar-refractivity contribution < 1.29 is 19.1 Å². The van der Waals surface area contributed by atoms with Gasteiger partial charge in [0.05, 0.1) is 0 Å². The highest BCUT2D eigenvalue weighted by atomic mass is 35.5. The highest BCUT2D eigenvalue weighted by Gasteiger charge is 2.62. The van der Waals surface area contributed by atoms with Crippen molar-refractivity contribution in [2.45, 2.75) is 71.1 Å². The number of esters is 2. The average Bonchev–Trinajstić information content (AvgIpc) is 2.90. The third kappa shape index (κ3) is 2.55. The van der Waals surface area contributed by atoms with Crippen molar-refractivity contribution in [3.8, 4) is 11.5 Å². The van der Waals surface area contributed by atoms with Crippen LogP contribution < -0.4 is 9.47 Å². The van der Waals surface area contributed by atoms with Crippen LogP contribution in [0.25, 0.3) is 0 Å². The van der Waals surface area contributed by atoms with E-state index in [0.717, 1.165) is 43.2 Å². The van der Waals surface area contributed by atoms with E-state index in [0.29, 0.717) is 11.5 Å². The average molecular weight is 391 g/mol. The number of ether oxygens (including phenoxy) is 2. The summed E-state index contributed by atoms with van der Waals surface area (Å²) in [5.41, 5.74) is 2.56. The minimum atomic E-state index is -0.595. The van der Waals surface area contributed by atoms with Crippen LogP contribution in [0, 0.1) is 11.3 Å². The molecule has 1 heterocycles. The van der Waals surface area contributed by atoms with E-state index < -0.39 is 11.4 Å². The van der Waals surface area contributed by atoms with Crippen molar-refractivity contribution in [1.82, 2.24) is 0 Å². The molecular formula is C22H27ClO4. The molecule has 1 aliphatic heterocycles. The molecule has 5 heteroatoms. The van der Waals surface area contributed by atoms with E-state index in [2.05, 4.69) is 19.9 Å². The summed E-state index contributed by atoms with van der Waals surface area (Å²) in [4.78, 5) is 25.3. The third-order valence-electron chi connectivity index (χ3n) is 6.93. The van der Waals surface area contributed by atoms with Crippen molar-refractivity contribution in [2.75, 3.05) is 5.88 Å². The molecule has 0 radical (unpaired) electrons. The van der Waals surface area contributed by atoms with Crippen LogP contribution in [0.5, 0.6) is 11.5 Å². The number of carbonyl (C=O) groups is 2. The van der Waals surface area contributed by atoms with Crippen LogP contribution in [0.15, 0.2) is 6.07 Å². The Morgan fingerprint density at radius 1 is 1.37 bits per heavy atom. The van der Waals surface area contributed by atoms with Crippen molar-refractivity contribution in [3.05, 3.63) is 22.8 Å². The fourth-order valence-corrected chi connectivity index (χ4v) is 5.83. The fraction of sp³-hybridized carbons (Fsp3) is 0.636. The van der Waals surface area contributed by atoms with Gasteiger partial charge in [-0.3, -0.25) is 9.59 Å². The smallest absolute Gasteiger partial charge is 0.326 e. The fourth-order valence-electron chi connectivity index (χ4n) is 5.78.